The Balaban J connectivity index is 1.70. The van der Waals surface area contributed by atoms with Crippen molar-refractivity contribution < 1.29 is 9.15 Å². The van der Waals surface area contributed by atoms with Gasteiger partial charge in [0, 0.05) is 24.8 Å². The van der Waals surface area contributed by atoms with Crippen molar-refractivity contribution >= 4 is 17.0 Å². The molecule has 0 aliphatic carbocycles. The van der Waals surface area contributed by atoms with Crippen molar-refractivity contribution in [3.63, 3.8) is 0 Å². The molecule has 1 aliphatic heterocycles. The number of ether oxygens (including phenoxy) is 1. The van der Waals surface area contributed by atoms with E-state index in [1.807, 2.05) is 48.5 Å². The van der Waals surface area contributed by atoms with Crippen LogP contribution in [-0.2, 0) is 4.74 Å². The molecule has 146 valence electrons. The van der Waals surface area contributed by atoms with Crippen molar-refractivity contribution in [2.24, 2.45) is 5.73 Å². The van der Waals surface area contributed by atoms with Crippen LogP contribution in [0.1, 0.15) is 17.4 Å². The number of pyridine rings is 1. The van der Waals surface area contributed by atoms with Crippen LogP contribution in [0.4, 0.5) is 5.95 Å². The molecular formula is C22H21N5O2. The minimum Gasteiger partial charge on any atom is -0.445 e. The Bertz CT molecular complexity index is 1110. The van der Waals surface area contributed by atoms with E-state index in [-0.39, 0.29) is 0 Å². The van der Waals surface area contributed by atoms with E-state index in [0.29, 0.717) is 30.6 Å². The predicted molar refractivity (Wildman–Crippen MR) is 111 cm³/mol. The van der Waals surface area contributed by atoms with Gasteiger partial charge >= 0.3 is 0 Å². The standard InChI is InChI=1S/C22H21N5O2/c23-19(17-8-4-5-9-24-17)20-18-16(15-6-2-1-3-7-15)14-29-21(18)26-22(25-20)27-10-12-28-13-11-27/h1-9,14,19H,10-13,23H2. The van der Waals surface area contributed by atoms with E-state index in [4.69, 9.17) is 24.9 Å². The summed E-state index contributed by atoms with van der Waals surface area (Å²) in [5, 5.41) is 0.825. The van der Waals surface area contributed by atoms with E-state index in [2.05, 4.69) is 9.88 Å². The fourth-order valence-corrected chi connectivity index (χ4v) is 3.62. The first-order chi connectivity index (χ1) is 14.3. The summed E-state index contributed by atoms with van der Waals surface area (Å²) in [4.78, 5) is 16.1. The maximum atomic E-state index is 6.65. The van der Waals surface area contributed by atoms with Gasteiger partial charge in [0.25, 0.3) is 0 Å². The largest absolute Gasteiger partial charge is 0.445 e. The number of nitrogens with zero attached hydrogens (tertiary/aromatic N) is 4. The first-order valence-corrected chi connectivity index (χ1v) is 9.65. The molecule has 4 aromatic rings. The van der Waals surface area contributed by atoms with Gasteiger partial charge in [0.1, 0.15) is 6.26 Å². The maximum Gasteiger partial charge on any atom is 0.231 e. The third kappa shape index (κ3) is 3.35. The zero-order chi connectivity index (χ0) is 19.6. The molecule has 1 saturated heterocycles. The van der Waals surface area contributed by atoms with Crippen LogP contribution in [0.2, 0.25) is 0 Å². The van der Waals surface area contributed by atoms with Crippen LogP contribution in [-0.4, -0.2) is 41.3 Å². The fourth-order valence-electron chi connectivity index (χ4n) is 3.62. The van der Waals surface area contributed by atoms with Gasteiger partial charge in [-0.1, -0.05) is 36.4 Å². The van der Waals surface area contributed by atoms with Crippen LogP contribution < -0.4 is 10.6 Å². The van der Waals surface area contributed by atoms with E-state index in [1.54, 1.807) is 12.5 Å². The molecule has 4 heterocycles. The number of morpholine rings is 1. The topological polar surface area (TPSA) is 90.3 Å². The minimum absolute atomic E-state index is 0.499. The highest BCUT2D eigenvalue weighted by Crippen LogP contribution is 2.35. The molecule has 2 N–H and O–H groups in total. The number of hydrogen-bond acceptors (Lipinski definition) is 7. The highest BCUT2D eigenvalue weighted by Gasteiger charge is 2.25. The number of aromatic nitrogens is 3. The molecule has 5 rings (SSSR count). The zero-order valence-electron chi connectivity index (χ0n) is 15.9. The molecule has 0 spiro atoms. The molecular weight excluding hydrogens is 366 g/mol. The summed E-state index contributed by atoms with van der Waals surface area (Å²) >= 11 is 0. The molecule has 29 heavy (non-hydrogen) atoms. The SMILES string of the molecule is NC(c1ccccn1)c1nc(N2CCOCC2)nc2occ(-c3ccccc3)c12. The average molecular weight is 387 g/mol. The van der Waals surface area contributed by atoms with Crippen LogP contribution in [0.25, 0.3) is 22.2 Å². The number of fused-ring (bicyclic) bond motifs is 1. The summed E-state index contributed by atoms with van der Waals surface area (Å²) in [5.41, 5.74) is 10.6. The van der Waals surface area contributed by atoms with E-state index in [9.17, 15) is 0 Å². The van der Waals surface area contributed by atoms with Crippen LogP contribution in [0.5, 0.6) is 0 Å². The quantitative estimate of drug-likeness (QED) is 0.575. The lowest BCUT2D eigenvalue weighted by molar-refractivity contribution is 0.122. The molecule has 7 heteroatoms. The molecule has 1 aliphatic rings. The van der Waals surface area contributed by atoms with Gasteiger partial charge in [-0.3, -0.25) is 4.98 Å². The molecule has 1 aromatic carbocycles. The molecule has 1 unspecified atom stereocenters. The van der Waals surface area contributed by atoms with Crippen molar-refractivity contribution in [1.82, 2.24) is 15.0 Å². The summed E-state index contributed by atoms with van der Waals surface area (Å²) in [5.74, 6) is 0.608. The second-order valence-corrected chi connectivity index (χ2v) is 6.94. The Morgan fingerprint density at radius 2 is 1.76 bits per heavy atom. The van der Waals surface area contributed by atoms with Crippen LogP contribution >= 0.6 is 0 Å². The van der Waals surface area contributed by atoms with Crippen molar-refractivity contribution in [3.05, 3.63) is 72.4 Å². The lowest BCUT2D eigenvalue weighted by Gasteiger charge is -2.27. The van der Waals surface area contributed by atoms with Gasteiger partial charge in [0.15, 0.2) is 0 Å². The fraction of sp³-hybridized carbons (Fsp3) is 0.227. The molecule has 3 aromatic heterocycles. The first kappa shape index (κ1) is 17.8. The molecule has 0 radical (unpaired) electrons. The summed E-state index contributed by atoms with van der Waals surface area (Å²) in [7, 11) is 0. The van der Waals surface area contributed by atoms with Gasteiger partial charge in [-0.15, -0.1) is 0 Å². The highest BCUT2D eigenvalue weighted by atomic mass is 16.5. The van der Waals surface area contributed by atoms with E-state index in [0.717, 1.165) is 35.3 Å². The number of nitrogens with two attached hydrogens (primary N) is 1. The second kappa shape index (κ2) is 7.62. The summed E-state index contributed by atoms with van der Waals surface area (Å²) in [6.07, 6.45) is 3.47. The number of rotatable bonds is 4. The zero-order valence-corrected chi connectivity index (χ0v) is 15.9. The summed E-state index contributed by atoms with van der Waals surface area (Å²) in [6.45, 7) is 2.76. The predicted octanol–water partition coefficient (Wildman–Crippen LogP) is 3.17. The molecule has 0 amide bonds. The number of anilines is 1. The van der Waals surface area contributed by atoms with Crippen molar-refractivity contribution in [1.29, 1.82) is 0 Å². The summed E-state index contributed by atoms with van der Waals surface area (Å²) in [6, 6.07) is 15.3. The van der Waals surface area contributed by atoms with Crippen molar-refractivity contribution in [2.45, 2.75) is 6.04 Å². The molecule has 1 atom stereocenters. The highest BCUT2D eigenvalue weighted by molar-refractivity contribution is 5.95. The number of benzene rings is 1. The molecule has 7 nitrogen and oxygen atoms in total. The number of hydrogen-bond donors (Lipinski definition) is 1. The number of furan rings is 1. The van der Waals surface area contributed by atoms with Gasteiger partial charge in [-0.05, 0) is 17.7 Å². The molecule has 0 bridgehead atoms. The first-order valence-electron chi connectivity index (χ1n) is 9.65. The Kier molecular flexibility index (Phi) is 4.67. The summed E-state index contributed by atoms with van der Waals surface area (Å²) < 4.78 is 11.3. The minimum atomic E-state index is -0.499. The normalized spacial score (nSPS) is 15.6. The van der Waals surface area contributed by atoms with E-state index >= 15 is 0 Å². The Morgan fingerprint density at radius 1 is 0.966 bits per heavy atom. The monoisotopic (exact) mass is 387 g/mol. The van der Waals surface area contributed by atoms with Gasteiger partial charge in [0.2, 0.25) is 11.7 Å². The second-order valence-electron chi connectivity index (χ2n) is 6.94. The lowest BCUT2D eigenvalue weighted by Crippen LogP contribution is -2.37. The van der Waals surface area contributed by atoms with Crippen molar-refractivity contribution in [3.8, 4) is 11.1 Å². The van der Waals surface area contributed by atoms with Gasteiger partial charge in [-0.2, -0.15) is 4.98 Å². The molecule has 0 saturated carbocycles. The van der Waals surface area contributed by atoms with Crippen LogP contribution in [0.15, 0.2) is 65.4 Å². The third-order valence-corrected chi connectivity index (χ3v) is 5.13. The lowest BCUT2D eigenvalue weighted by atomic mass is 10.0. The smallest absolute Gasteiger partial charge is 0.231 e. The van der Waals surface area contributed by atoms with Gasteiger partial charge in [-0.25, -0.2) is 4.98 Å². The maximum absolute atomic E-state index is 6.65. The van der Waals surface area contributed by atoms with Crippen LogP contribution in [0.3, 0.4) is 0 Å². The molecule has 1 fully saturated rings. The van der Waals surface area contributed by atoms with E-state index < -0.39 is 6.04 Å². The Hall–Kier alpha value is -3.29. The third-order valence-electron chi connectivity index (χ3n) is 5.13. The van der Waals surface area contributed by atoms with Crippen molar-refractivity contribution in [2.75, 3.05) is 31.2 Å². The van der Waals surface area contributed by atoms with Crippen LogP contribution in [0, 0.1) is 0 Å². The van der Waals surface area contributed by atoms with Gasteiger partial charge in [0.05, 0.1) is 36.0 Å². The van der Waals surface area contributed by atoms with Gasteiger partial charge < -0.3 is 19.8 Å². The average Bonchev–Trinajstić information content (AvgIpc) is 3.24. The van der Waals surface area contributed by atoms with E-state index in [1.165, 1.54) is 0 Å². The Morgan fingerprint density at radius 3 is 2.52 bits per heavy atom. The Labute approximate surface area is 168 Å².